The molecule has 1 aromatic carbocycles. The smallest absolute Gasteiger partial charge is 0.257 e. The van der Waals surface area contributed by atoms with Crippen LogP contribution in [-0.4, -0.2) is 64.9 Å². The van der Waals surface area contributed by atoms with Crippen molar-refractivity contribution in [3.8, 4) is 5.75 Å². The van der Waals surface area contributed by atoms with E-state index >= 15 is 0 Å². The van der Waals surface area contributed by atoms with E-state index in [0.717, 1.165) is 68.1 Å². The van der Waals surface area contributed by atoms with Gasteiger partial charge in [0.05, 0.1) is 24.8 Å². The quantitative estimate of drug-likeness (QED) is 0.718. The number of carbonyl (C=O) groups excluding carboxylic acids is 2. The first-order chi connectivity index (χ1) is 15.5. The van der Waals surface area contributed by atoms with Crippen molar-refractivity contribution >= 4 is 11.8 Å². The van der Waals surface area contributed by atoms with E-state index in [1.165, 1.54) is 6.42 Å². The van der Waals surface area contributed by atoms with Gasteiger partial charge in [-0.15, -0.1) is 0 Å². The normalized spacial score (nSPS) is 19.0. The van der Waals surface area contributed by atoms with Gasteiger partial charge in [0.2, 0.25) is 5.91 Å². The van der Waals surface area contributed by atoms with E-state index < -0.39 is 0 Å². The highest BCUT2D eigenvalue weighted by Crippen LogP contribution is 2.26. The fourth-order valence-electron chi connectivity index (χ4n) is 4.60. The van der Waals surface area contributed by atoms with E-state index in [9.17, 15) is 9.59 Å². The number of rotatable bonds is 5. The van der Waals surface area contributed by atoms with Gasteiger partial charge in [-0.05, 0) is 56.7 Å². The van der Waals surface area contributed by atoms with E-state index in [4.69, 9.17) is 9.72 Å². The predicted octanol–water partition coefficient (Wildman–Crippen LogP) is 3.37. The zero-order valence-electron chi connectivity index (χ0n) is 19.0. The molecule has 2 aliphatic heterocycles. The minimum atomic E-state index is 0.0358. The fraction of sp³-hybridized carbons (Fsp3) is 0.520. The second-order valence-corrected chi connectivity index (χ2v) is 8.78. The molecule has 0 N–H and O–H groups in total. The average Bonchev–Trinajstić information content (AvgIpc) is 2.84. The Morgan fingerprint density at radius 2 is 1.75 bits per heavy atom. The van der Waals surface area contributed by atoms with Crippen molar-refractivity contribution in [2.75, 3.05) is 33.3 Å². The summed E-state index contributed by atoms with van der Waals surface area (Å²) >= 11 is 0. The molecule has 3 heterocycles. The van der Waals surface area contributed by atoms with Crippen LogP contribution in [0.15, 0.2) is 30.5 Å². The van der Waals surface area contributed by atoms with Crippen molar-refractivity contribution in [3.63, 3.8) is 0 Å². The summed E-state index contributed by atoms with van der Waals surface area (Å²) in [5.74, 6) is 1.78. The van der Waals surface area contributed by atoms with Crippen molar-refractivity contribution < 1.29 is 14.3 Å². The first-order valence-corrected chi connectivity index (χ1v) is 11.6. The third-order valence-electron chi connectivity index (χ3n) is 6.53. The number of likely N-dealkylation sites (tertiary alicyclic amines) is 2. The SMILES string of the molecule is COc1ccc(CC(=O)N2CCC[C@@H](c3ncc(C(=O)N4CCCCC4)c(C)n3)C2)cc1. The Morgan fingerprint density at radius 1 is 1.03 bits per heavy atom. The first kappa shape index (κ1) is 22.2. The van der Waals surface area contributed by atoms with E-state index in [0.29, 0.717) is 18.5 Å². The van der Waals surface area contributed by atoms with Gasteiger partial charge >= 0.3 is 0 Å². The molecule has 0 bridgehead atoms. The topological polar surface area (TPSA) is 75.6 Å². The van der Waals surface area contributed by atoms with Crippen molar-refractivity contribution in [2.45, 2.75) is 51.4 Å². The third kappa shape index (κ3) is 5.09. The van der Waals surface area contributed by atoms with E-state index in [2.05, 4.69) is 4.98 Å². The molecule has 0 spiro atoms. The number of aromatic nitrogens is 2. The van der Waals surface area contributed by atoms with E-state index in [1.807, 2.05) is 41.0 Å². The molecule has 0 aliphatic carbocycles. The highest BCUT2D eigenvalue weighted by Gasteiger charge is 2.28. The molecular formula is C25H32N4O3. The molecule has 2 aliphatic rings. The minimum Gasteiger partial charge on any atom is -0.497 e. The number of piperidine rings is 2. The van der Waals surface area contributed by atoms with Crippen LogP contribution in [0.3, 0.4) is 0 Å². The molecular weight excluding hydrogens is 404 g/mol. The minimum absolute atomic E-state index is 0.0358. The summed E-state index contributed by atoms with van der Waals surface area (Å²) in [5.41, 5.74) is 2.30. The molecule has 7 nitrogen and oxygen atoms in total. The number of ether oxygens (including phenoxy) is 1. The predicted molar refractivity (Wildman–Crippen MR) is 122 cm³/mol. The van der Waals surface area contributed by atoms with Crippen molar-refractivity contribution in [2.24, 2.45) is 0 Å². The number of carbonyl (C=O) groups is 2. The second-order valence-electron chi connectivity index (χ2n) is 8.78. The van der Waals surface area contributed by atoms with Gasteiger partial charge in [0.1, 0.15) is 11.6 Å². The molecule has 7 heteroatoms. The Balaban J connectivity index is 1.40. The maximum atomic E-state index is 12.9. The van der Waals surface area contributed by atoms with Gasteiger partial charge in [0.25, 0.3) is 5.91 Å². The molecule has 2 aromatic rings. The third-order valence-corrected chi connectivity index (χ3v) is 6.53. The van der Waals surface area contributed by atoms with Crippen LogP contribution in [0.5, 0.6) is 5.75 Å². The molecule has 2 amide bonds. The zero-order valence-corrected chi connectivity index (χ0v) is 19.0. The first-order valence-electron chi connectivity index (χ1n) is 11.6. The number of amides is 2. The largest absolute Gasteiger partial charge is 0.497 e. The highest BCUT2D eigenvalue weighted by atomic mass is 16.5. The molecule has 1 atom stereocenters. The van der Waals surface area contributed by atoms with E-state index in [1.54, 1.807) is 13.3 Å². The van der Waals surface area contributed by atoms with Crippen LogP contribution in [0.25, 0.3) is 0 Å². The number of methoxy groups -OCH3 is 1. The molecule has 0 radical (unpaired) electrons. The lowest BCUT2D eigenvalue weighted by Crippen LogP contribution is -2.40. The number of hydrogen-bond acceptors (Lipinski definition) is 5. The maximum absolute atomic E-state index is 12.9. The van der Waals surface area contributed by atoms with Gasteiger partial charge in [-0.1, -0.05) is 12.1 Å². The summed E-state index contributed by atoms with van der Waals surface area (Å²) in [6.07, 6.45) is 7.25. The lowest BCUT2D eigenvalue weighted by Gasteiger charge is -2.32. The number of hydrogen-bond donors (Lipinski definition) is 0. The lowest BCUT2D eigenvalue weighted by atomic mass is 9.96. The average molecular weight is 437 g/mol. The van der Waals surface area contributed by atoms with Gasteiger partial charge in [0, 0.05) is 38.3 Å². The van der Waals surface area contributed by atoms with Crippen molar-refractivity contribution in [3.05, 3.63) is 53.1 Å². The fourth-order valence-corrected chi connectivity index (χ4v) is 4.60. The van der Waals surface area contributed by atoms with Gasteiger partial charge in [-0.25, -0.2) is 9.97 Å². The number of benzene rings is 1. The maximum Gasteiger partial charge on any atom is 0.257 e. The van der Waals surface area contributed by atoms with Gasteiger partial charge in [-0.2, -0.15) is 0 Å². The molecule has 170 valence electrons. The molecule has 0 saturated carbocycles. The molecule has 1 aromatic heterocycles. The monoisotopic (exact) mass is 436 g/mol. The Kier molecular flexibility index (Phi) is 7.02. The van der Waals surface area contributed by atoms with Crippen molar-refractivity contribution in [1.29, 1.82) is 0 Å². The van der Waals surface area contributed by atoms with Crippen LogP contribution >= 0.6 is 0 Å². The summed E-state index contributed by atoms with van der Waals surface area (Å²) in [4.78, 5) is 38.8. The molecule has 2 saturated heterocycles. The number of aryl methyl sites for hydroxylation is 1. The van der Waals surface area contributed by atoms with Crippen LogP contribution in [0.2, 0.25) is 0 Å². The van der Waals surface area contributed by atoms with Crippen LogP contribution in [0, 0.1) is 6.92 Å². The summed E-state index contributed by atoms with van der Waals surface area (Å²) in [7, 11) is 1.63. The standard InChI is InChI=1S/C25H32N4O3/c1-18-22(25(31)28-12-4-3-5-13-28)16-26-24(27-18)20-7-6-14-29(17-20)23(30)15-19-8-10-21(32-2)11-9-19/h8-11,16,20H,3-7,12-15,17H2,1-2H3/t20-/m1/s1. The Morgan fingerprint density at radius 3 is 2.44 bits per heavy atom. The Bertz CT molecular complexity index is 954. The Hall–Kier alpha value is -2.96. The summed E-state index contributed by atoms with van der Waals surface area (Å²) in [5, 5.41) is 0. The van der Waals surface area contributed by atoms with Crippen LogP contribution < -0.4 is 4.74 Å². The summed E-state index contributed by atoms with van der Waals surface area (Å²) in [6.45, 7) is 4.89. The van der Waals surface area contributed by atoms with Gasteiger partial charge in [0.15, 0.2) is 0 Å². The highest BCUT2D eigenvalue weighted by molar-refractivity contribution is 5.95. The molecule has 4 rings (SSSR count). The molecule has 2 fully saturated rings. The van der Waals surface area contributed by atoms with E-state index in [-0.39, 0.29) is 17.7 Å². The summed E-state index contributed by atoms with van der Waals surface area (Å²) in [6, 6.07) is 7.63. The van der Waals surface area contributed by atoms with Crippen LogP contribution in [-0.2, 0) is 11.2 Å². The van der Waals surface area contributed by atoms with Gasteiger partial charge < -0.3 is 14.5 Å². The van der Waals surface area contributed by atoms with Crippen molar-refractivity contribution in [1.82, 2.24) is 19.8 Å². The summed E-state index contributed by atoms with van der Waals surface area (Å²) < 4.78 is 5.19. The zero-order chi connectivity index (χ0) is 22.5. The molecule has 32 heavy (non-hydrogen) atoms. The van der Waals surface area contributed by atoms with Crippen LogP contribution in [0.1, 0.15) is 65.5 Å². The second kappa shape index (κ2) is 10.1. The Labute approximate surface area is 189 Å². The van der Waals surface area contributed by atoms with Crippen LogP contribution in [0.4, 0.5) is 0 Å². The lowest BCUT2D eigenvalue weighted by molar-refractivity contribution is -0.131. The van der Waals surface area contributed by atoms with Gasteiger partial charge in [-0.3, -0.25) is 9.59 Å². The number of nitrogens with zero attached hydrogens (tertiary/aromatic N) is 4. The molecule has 0 unspecified atom stereocenters.